The van der Waals surface area contributed by atoms with Crippen molar-refractivity contribution in [2.24, 2.45) is 5.41 Å². The molecule has 1 saturated heterocycles. The van der Waals surface area contributed by atoms with Crippen LogP contribution in [0.5, 0.6) is 0 Å². The van der Waals surface area contributed by atoms with Crippen LogP contribution in [0.3, 0.4) is 0 Å². The van der Waals surface area contributed by atoms with Gasteiger partial charge in [0.1, 0.15) is 0 Å². The van der Waals surface area contributed by atoms with Crippen LogP contribution in [0.2, 0.25) is 0 Å². The molecule has 0 saturated carbocycles. The van der Waals surface area contributed by atoms with E-state index in [2.05, 4.69) is 31.3 Å². The minimum atomic E-state index is -0.788. The van der Waals surface area contributed by atoms with Crippen LogP contribution in [0.25, 0.3) is 0 Å². The first-order valence-corrected chi connectivity index (χ1v) is 8.03. The third-order valence-electron chi connectivity index (χ3n) is 4.84. The maximum atomic E-state index is 12.2. The van der Waals surface area contributed by atoms with E-state index in [-0.39, 0.29) is 18.5 Å². The largest absolute Gasteiger partial charge is 0.481 e. The van der Waals surface area contributed by atoms with Crippen LogP contribution in [-0.2, 0) is 9.59 Å². The zero-order chi connectivity index (χ0) is 17.2. The predicted molar refractivity (Wildman–Crippen MR) is 89.3 cm³/mol. The highest BCUT2D eigenvalue weighted by atomic mass is 16.4. The topological polar surface area (TPSA) is 69.6 Å². The molecule has 1 aromatic rings. The number of amides is 1. The Balaban J connectivity index is 1.90. The van der Waals surface area contributed by atoms with Crippen LogP contribution in [0.4, 0.5) is 0 Å². The van der Waals surface area contributed by atoms with Crippen molar-refractivity contribution in [1.82, 2.24) is 10.2 Å². The molecule has 2 N–H and O–H groups in total. The van der Waals surface area contributed by atoms with Crippen molar-refractivity contribution in [3.8, 4) is 0 Å². The lowest BCUT2D eigenvalue weighted by Gasteiger charge is -2.21. The Hall–Kier alpha value is -1.88. The number of aryl methyl sites for hydroxylation is 2. The summed E-state index contributed by atoms with van der Waals surface area (Å²) < 4.78 is 0. The first-order chi connectivity index (χ1) is 10.7. The van der Waals surface area contributed by atoms with Gasteiger partial charge in [0.15, 0.2) is 0 Å². The van der Waals surface area contributed by atoms with Gasteiger partial charge in [0.05, 0.1) is 18.0 Å². The normalized spacial score (nSPS) is 22.8. The summed E-state index contributed by atoms with van der Waals surface area (Å²) in [7, 11) is 0. The molecular formula is C18H26N2O3. The Morgan fingerprint density at radius 2 is 2.04 bits per heavy atom. The predicted octanol–water partition coefficient (Wildman–Crippen LogP) is 2.28. The fourth-order valence-corrected chi connectivity index (χ4v) is 2.97. The summed E-state index contributed by atoms with van der Waals surface area (Å²) in [5.74, 6) is -0.853. The lowest BCUT2D eigenvalue weighted by atomic mass is 9.90. The van der Waals surface area contributed by atoms with Crippen molar-refractivity contribution in [1.29, 1.82) is 0 Å². The van der Waals surface area contributed by atoms with Crippen molar-refractivity contribution in [2.75, 3.05) is 19.6 Å². The van der Waals surface area contributed by atoms with Gasteiger partial charge >= 0.3 is 5.97 Å². The highest BCUT2D eigenvalue weighted by Gasteiger charge is 2.40. The monoisotopic (exact) mass is 318 g/mol. The molecule has 0 aliphatic carbocycles. The Kier molecular flexibility index (Phi) is 5.09. The van der Waals surface area contributed by atoms with Gasteiger partial charge in [0, 0.05) is 6.54 Å². The van der Waals surface area contributed by atoms with Crippen LogP contribution < -0.4 is 5.32 Å². The van der Waals surface area contributed by atoms with Crippen LogP contribution in [0.15, 0.2) is 18.2 Å². The highest BCUT2D eigenvalue weighted by molar-refractivity contribution is 5.79. The number of carboxylic acids is 1. The van der Waals surface area contributed by atoms with Gasteiger partial charge in [0.25, 0.3) is 0 Å². The standard InChI is InChI=1S/C18H26N2O3/c1-12-5-6-15(9-13(12)2)14(3)19-16(21)10-20-8-7-18(4,11-20)17(22)23/h5-6,9,14H,7-8,10-11H2,1-4H3,(H,19,21)(H,22,23). The first-order valence-electron chi connectivity index (χ1n) is 8.03. The van der Waals surface area contributed by atoms with Gasteiger partial charge in [-0.05, 0) is 57.4 Å². The average molecular weight is 318 g/mol. The maximum Gasteiger partial charge on any atom is 0.310 e. The summed E-state index contributed by atoms with van der Waals surface area (Å²) in [6.45, 7) is 9.15. The SMILES string of the molecule is Cc1ccc(C(C)NC(=O)CN2CCC(C)(C(=O)O)C2)cc1C. The average Bonchev–Trinajstić information content (AvgIpc) is 2.84. The molecule has 1 aliphatic rings. The minimum Gasteiger partial charge on any atom is -0.481 e. The number of hydrogen-bond donors (Lipinski definition) is 2. The Labute approximate surface area is 137 Å². The summed E-state index contributed by atoms with van der Waals surface area (Å²) in [6, 6.07) is 6.13. The molecule has 1 heterocycles. The molecule has 2 unspecified atom stereocenters. The second-order valence-electron chi connectivity index (χ2n) is 6.96. The highest BCUT2D eigenvalue weighted by Crippen LogP contribution is 2.29. The zero-order valence-electron chi connectivity index (χ0n) is 14.3. The number of benzene rings is 1. The number of nitrogens with one attached hydrogen (secondary N) is 1. The summed E-state index contributed by atoms with van der Waals surface area (Å²) in [5, 5.41) is 12.2. The van der Waals surface area contributed by atoms with E-state index in [9.17, 15) is 14.7 Å². The van der Waals surface area contributed by atoms with Gasteiger partial charge in [-0.2, -0.15) is 0 Å². The first kappa shape index (κ1) is 17.5. The summed E-state index contributed by atoms with van der Waals surface area (Å²) in [5.41, 5.74) is 2.79. The zero-order valence-corrected chi connectivity index (χ0v) is 14.3. The van der Waals surface area contributed by atoms with Crippen LogP contribution in [0, 0.1) is 19.3 Å². The Bertz CT molecular complexity index is 614. The van der Waals surface area contributed by atoms with Gasteiger partial charge in [-0.25, -0.2) is 0 Å². The molecule has 0 bridgehead atoms. The lowest BCUT2D eigenvalue weighted by molar-refractivity contribution is -0.147. The third kappa shape index (κ3) is 4.10. The second kappa shape index (κ2) is 6.71. The van der Waals surface area contributed by atoms with Crippen molar-refractivity contribution in [3.63, 3.8) is 0 Å². The van der Waals surface area contributed by atoms with E-state index in [0.29, 0.717) is 19.5 Å². The second-order valence-corrected chi connectivity index (χ2v) is 6.96. The number of hydrogen-bond acceptors (Lipinski definition) is 3. The lowest BCUT2D eigenvalue weighted by Crippen LogP contribution is -2.39. The minimum absolute atomic E-state index is 0.0599. The van der Waals surface area contributed by atoms with E-state index in [1.165, 1.54) is 11.1 Å². The fraction of sp³-hybridized carbons (Fsp3) is 0.556. The number of likely N-dealkylation sites (tertiary alicyclic amines) is 1. The van der Waals surface area contributed by atoms with Gasteiger partial charge in [-0.1, -0.05) is 18.2 Å². The van der Waals surface area contributed by atoms with E-state index in [4.69, 9.17) is 0 Å². The molecular weight excluding hydrogens is 292 g/mol. The van der Waals surface area contributed by atoms with Crippen LogP contribution in [0.1, 0.15) is 43.0 Å². The molecule has 5 nitrogen and oxygen atoms in total. The molecule has 1 aliphatic heterocycles. The number of carbonyl (C=O) groups is 2. The molecule has 1 amide bonds. The number of carboxylic acid groups (broad SMARTS) is 1. The number of carbonyl (C=O) groups excluding carboxylic acids is 1. The molecule has 2 atom stereocenters. The molecule has 1 fully saturated rings. The van der Waals surface area contributed by atoms with E-state index in [1.54, 1.807) is 6.92 Å². The molecule has 126 valence electrons. The molecule has 0 radical (unpaired) electrons. The van der Waals surface area contributed by atoms with Gasteiger partial charge in [0.2, 0.25) is 5.91 Å². The van der Waals surface area contributed by atoms with Crippen molar-refractivity contribution in [3.05, 3.63) is 34.9 Å². The van der Waals surface area contributed by atoms with E-state index >= 15 is 0 Å². The molecule has 2 rings (SSSR count). The van der Waals surface area contributed by atoms with Crippen molar-refractivity contribution < 1.29 is 14.7 Å². The molecule has 0 spiro atoms. The van der Waals surface area contributed by atoms with Gasteiger partial charge in [-0.15, -0.1) is 0 Å². The molecule has 1 aromatic carbocycles. The van der Waals surface area contributed by atoms with Crippen LogP contribution in [-0.4, -0.2) is 41.5 Å². The Morgan fingerprint density at radius 1 is 1.35 bits per heavy atom. The van der Waals surface area contributed by atoms with E-state index in [0.717, 1.165) is 5.56 Å². The smallest absolute Gasteiger partial charge is 0.310 e. The summed E-state index contributed by atoms with van der Waals surface area (Å²) in [6.07, 6.45) is 0.586. The van der Waals surface area contributed by atoms with Crippen LogP contribution >= 0.6 is 0 Å². The molecule has 23 heavy (non-hydrogen) atoms. The molecule has 5 heteroatoms. The fourth-order valence-electron chi connectivity index (χ4n) is 2.97. The summed E-state index contributed by atoms with van der Waals surface area (Å²) >= 11 is 0. The van der Waals surface area contributed by atoms with Gasteiger partial charge in [-0.3, -0.25) is 14.5 Å². The third-order valence-corrected chi connectivity index (χ3v) is 4.84. The van der Waals surface area contributed by atoms with Crippen molar-refractivity contribution >= 4 is 11.9 Å². The quantitative estimate of drug-likeness (QED) is 0.874. The Morgan fingerprint density at radius 3 is 2.61 bits per heavy atom. The van der Waals surface area contributed by atoms with E-state index in [1.807, 2.05) is 17.9 Å². The number of nitrogens with zero attached hydrogens (tertiary/aromatic N) is 1. The van der Waals surface area contributed by atoms with Crippen molar-refractivity contribution in [2.45, 2.75) is 40.2 Å². The molecule has 0 aromatic heterocycles. The number of rotatable bonds is 5. The van der Waals surface area contributed by atoms with Gasteiger partial charge < -0.3 is 10.4 Å². The number of aliphatic carboxylic acids is 1. The maximum absolute atomic E-state index is 12.2. The summed E-state index contributed by atoms with van der Waals surface area (Å²) in [4.78, 5) is 25.4. The van der Waals surface area contributed by atoms with E-state index < -0.39 is 11.4 Å².